The van der Waals surface area contributed by atoms with E-state index in [9.17, 15) is 4.79 Å². The monoisotopic (exact) mass is 314 g/mol. The average Bonchev–Trinajstić information content (AvgIpc) is 3.15. The summed E-state index contributed by atoms with van der Waals surface area (Å²) in [5, 5.41) is 9.12. The van der Waals surface area contributed by atoms with Crippen molar-refractivity contribution in [1.82, 2.24) is 14.8 Å². The molecule has 2 heterocycles. The van der Waals surface area contributed by atoms with Crippen molar-refractivity contribution in [3.05, 3.63) is 53.8 Å². The number of primary amides is 1. The summed E-state index contributed by atoms with van der Waals surface area (Å²) < 4.78 is 7.23. The van der Waals surface area contributed by atoms with Crippen LogP contribution >= 0.6 is 11.8 Å². The van der Waals surface area contributed by atoms with Crippen molar-refractivity contribution >= 4 is 17.7 Å². The third kappa shape index (κ3) is 2.89. The normalized spacial score (nSPS) is 10.8. The van der Waals surface area contributed by atoms with Crippen LogP contribution in [0, 0.1) is 0 Å². The second-order valence-corrected chi connectivity index (χ2v) is 5.63. The number of carbonyl (C=O) groups excluding carboxylic acids is 1. The molecule has 0 bridgehead atoms. The van der Waals surface area contributed by atoms with Crippen LogP contribution in [0.4, 0.5) is 0 Å². The number of nitrogens with two attached hydrogens (primary N) is 1. The van der Waals surface area contributed by atoms with Crippen LogP contribution in [0.2, 0.25) is 0 Å². The lowest BCUT2D eigenvalue weighted by molar-refractivity contribution is 0.100. The van der Waals surface area contributed by atoms with Gasteiger partial charge in [-0.1, -0.05) is 23.9 Å². The minimum atomic E-state index is -0.421. The number of hydrogen-bond acceptors (Lipinski definition) is 5. The Kier molecular flexibility index (Phi) is 3.97. The zero-order valence-electron chi connectivity index (χ0n) is 11.9. The molecule has 1 aromatic carbocycles. The molecular weight excluding hydrogens is 300 g/mol. The maximum atomic E-state index is 11.0. The van der Waals surface area contributed by atoms with Gasteiger partial charge in [0.1, 0.15) is 0 Å². The smallest absolute Gasteiger partial charge is 0.248 e. The lowest BCUT2D eigenvalue weighted by Gasteiger charge is -2.03. The molecule has 0 atom stereocenters. The highest BCUT2D eigenvalue weighted by Gasteiger charge is 2.13. The van der Waals surface area contributed by atoms with Crippen LogP contribution in [0.3, 0.4) is 0 Å². The summed E-state index contributed by atoms with van der Waals surface area (Å²) in [7, 11) is 1.90. The molecule has 7 heteroatoms. The highest BCUT2D eigenvalue weighted by atomic mass is 32.2. The number of aromatic nitrogens is 3. The van der Waals surface area contributed by atoms with Gasteiger partial charge in [0, 0.05) is 18.4 Å². The number of benzene rings is 1. The molecule has 0 radical (unpaired) electrons. The van der Waals surface area contributed by atoms with E-state index in [1.54, 1.807) is 30.2 Å². The number of amides is 1. The van der Waals surface area contributed by atoms with Gasteiger partial charge in [0.15, 0.2) is 16.7 Å². The molecule has 6 nitrogen and oxygen atoms in total. The van der Waals surface area contributed by atoms with E-state index >= 15 is 0 Å². The Morgan fingerprint density at radius 3 is 2.68 bits per heavy atom. The molecule has 0 saturated carbocycles. The summed E-state index contributed by atoms with van der Waals surface area (Å²) >= 11 is 1.56. The summed E-state index contributed by atoms with van der Waals surface area (Å²) in [6.07, 6.45) is 1.61. The third-order valence-corrected chi connectivity index (χ3v) is 4.27. The quantitative estimate of drug-likeness (QED) is 0.731. The van der Waals surface area contributed by atoms with Crippen LogP contribution in [0.1, 0.15) is 15.9 Å². The minimum Gasteiger partial charge on any atom is -0.461 e. The van der Waals surface area contributed by atoms with E-state index in [1.165, 1.54) is 0 Å². The topological polar surface area (TPSA) is 86.9 Å². The molecule has 1 amide bonds. The first kappa shape index (κ1) is 14.4. The lowest BCUT2D eigenvalue weighted by Crippen LogP contribution is -2.10. The number of hydrogen-bond donors (Lipinski definition) is 1. The fraction of sp³-hybridized carbons (Fsp3) is 0.133. The summed E-state index contributed by atoms with van der Waals surface area (Å²) in [6.45, 7) is 0. The molecule has 0 aliphatic carbocycles. The molecular formula is C15H14N4O2S. The Hall–Kier alpha value is -2.54. The van der Waals surface area contributed by atoms with Crippen LogP contribution in [-0.4, -0.2) is 20.7 Å². The van der Waals surface area contributed by atoms with Crippen LogP contribution in [0.5, 0.6) is 0 Å². The highest BCUT2D eigenvalue weighted by molar-refractivity contribution is 7.98. The van der Waals surface area contributed by atoms with Crippen molar-refractivity contribution < 1.29 is 9.21 Å². The highest BCUT2D eigenvalue weighted by Crippen LogP contribution is 2.25. The fourth-order valence-corrected chi connectivity index (χ4v) is 2.84. The Morgan fingerprint density at radius 2 is 2.05 bits per heavy atom. The van der Waals surface area contributed by atoms with E-state index in [-0.39, 0.29) is 0 Å². The summed E-state index contributed by atoms with van der Waals surface area (Å²) in [5.74, 6) is 1.68. The predicted octanol–water partition coefficient (Wildman–Crippen LogP) is 2.47. The van der Waals surface area contributed by atoms with Gasteiger partial charge in [0.2, 0.25) is 5.91 Å². The van der Waals surface area contributed by atoms with Gasteiger partial charge in [-0.3, -0.25) is 4.79 Å². The van der Waals surface area contributed by atoms with Crippen molar-refractivity contribution in [3.8, 4) is 11.6 Å². The molecule has 0 unspecified atom stereocenters. The van der Waals surface area contributed by atoms with E-state index < -0.39 is 5.91 Å². The lowest BCUT2D eigenvalue weighted by atomic mass is 10.1. The molecule has 2 aromatic heterocycles. The van der Waals surface area contributed by atoms with Gasteiger partial charge >= 0.3 is 0 Å². The first-order valence-corrected chi connectivity index (χ1v) is 7.58. The summed E-state index contributed by atoms with van der Waals surface area (Å²) in [5.41, 5.74) is 6.81. The Balaban J connectivity index is 1.70. The molecule has 2 N–H and O–H groups in total. The average molecular weight is 314 g/mol. The molecule has 0 aliphatic rings. The van der Waals surface area contributed by atoms with Gasteiger partial charge in [0.05, 0.1) is 6.26 Å². The number of furan rings is 1. The molecule has 112 valence electrons. The van der Waals surface area contributed by atoms with Gasteiger partial charge in [-0.2, -0.15) is 0 Å². The van der Waals surface area contributed by atoms with E-state index in [4.69, 9.17) is 10.2 Å². The second kappa shape index (κ2) is 6.07. The molecule has 0 aliphatic heterocycles. The zero-order chi connectivity index (χ0) is 15.5. The zero-order valence-corrected chi connectivity index (χ0v) is 12.7. The van der Waals surface area contributed by atoms with Gasteiger partial charge in [-0.05, 0) is 29.8 Å². The molecule has 0 saturated heterocycles. The molecule has 3 rings (SSSR count). The number of rotatable bonds is 5. The molecule has 3 aromatic rings. The number of carbonyl (C=O) groups is 1. The first-order chi connectivity index (χ1) is 10.6. The van der Waals surface area contributed by atoms with Crippen LogP contribution < -0.4 is 5.73 Å². The van der Waals surface area contributed by atoms with Gasteiger partial charge in [0.25, 0.3) is 0 Å². The van der Waals surface area contributed by atoms with E-state index in [2.05, 4.69) is 10.2 Å². The van der Waals surface area contributed by atoms with Crippen molar-refractivity contribution in [1.29, 1.82) is 0 Å². The van der Waals surface area contributed by atoms with Crippen molar-refractivity contribution in [3.63, 3.8) is 0 Å². The predicted molar refractivity (Wildman–Crippen MR) is 83.2 cm³/mol. The third-order valence-electron chi connectivity index (χ3n) is 3.18. The maximum Gasteiger partial charge on any atom is 0.248 e. The summed E-state index contributed by atoms with van der Waals surface area (Å²) in [4.78, 5) is 11.0. The molecule has 0 fully saturated rings. The largest absolute Gasteiger partial charge is 0.461 e. The fourth-order valence-electron chi connectivity index (χ4n) is 1.97. The van der Waals surface area contributed by atoms with Crippen molar-refractivity contribution in [2.24, 2.45) is 12.8 Å². The first-order valence-electron chi connectivity index (χ1n) is 6.60. The second-order valence-electron chi connectivity index (χ2n) is 4.69. The molecule has 22 heavy (non-hydrogen) atoms. The summed E-state index contributed by atoms with van der Waals surface area (Å²) in [6, 6.07) is 10.9. The Bertz CT molecular complexity index is 778. The SMILES string of the molecule is Cn1c(SCc2ccc(C(N)=O)cc2)nnc1-c1ccco1. The number of nitrogens with zero attached hydrogens (tertiary/aromatic N) is 3. The van der Waals surface area contributed by atoms with Gasteiger partial charge in [-0.25, -0.2) is 0 Å². The Labute approximate surface area is 131 Å². The van der Waals surface area contributed by atoms with E-state index in [0.29, 0.717) is 17.1 Å². The number of thioether (sulfide) groups is 1. The van der Waals surface area contributed by atoms with Crippen LogP contribution in [0.25, 0.3) is 11.6 Å². The molecule has 0 spiro atoms. The minimum absolute atomic E-state index is 0.421. The van der Waals surface area contributed by atoms with Crippen LogP contribution in [-0.2, 0) is 12.8 Å². The van der Waals surface area contributed by atoms with E-state index in [1.807, 2.05) is 35.9 Å². The Morgan fingerprint density at radius 1 is 1.27 bits per heavy atom. The van der Waals surface area contributed by atoms with Crippen LogP contribution in [0.15, 0.2) is 52.2 Å². The van der Waals surface area contributed by atoms with Gasteiger partial charge in [-0.15, -0.1) is 10.2 Å². The van der Waals surface area contributed by atoms with E-state index in [0.717, 1.165) is 16.5 Å². The van der Waals surface area contributed by atoms with Crippen molar-refractivity contribution in [2.75, 3.05) is 0 Å². The standard InChI is InChI=1S/C15H14N4O2S/c1-19-14(12-3-2-8-21-12)17-18-15(19)22-9-10-4-6-11(7-5-10)13(16)20/h2-8H,9H2,1H3,(H2,16,20). The van der Waals surface area contributed by atoms with Gasteiger partial charge < -0.3 is 14.7 Å². The maximum absolute atomic E-state index is 11.0. The van der Waals surface area contributed by atoms with Crippen molar-refractivity contribution in [2.45, 2.75) is 10.9 Å².